The van der Waals surface area contributed by atoms with Crippen LogP contribution in [0.4, 0.5) is 0 Å². The van der Waals surface area contributed by atoms with Crippen molar-refractivity contribution in [1.82, 2.24) is 9.03 Å². The average Bonchev–Trinajstić information content (AvgIpc) is 2.28. The fourth-order valence-electron chi connectivity index (χ4n) is 2.00. The van der Waals surface area contributed by atoms with Crippen LogP contribution in [-0.2, 0) is 10.2 Å². The molecule has 0 aromatic heterocycles. The van der Waals surface area contributed by atoms with Crippen LogP contribution in [0.25, 0.3) is 0 Å². The third kappa shape index (κ3) is 3.91. The molecule has 1 saturated heterocycles. The fourth-order valence-corrected chi connectivity index (χ4v) is 3.80. The van der Waals surface area contributed by atoms with Crippen molar-refractivity contribution in [3.05, 3.63) is 0 Å². The van der Waals surface area contributed by atoms with Gasteiger partial charge in [0.2, 0.25) is 0 Å². The smallest absolute Gasteiger partial charge is 0.279 e. The Bertz CT molecular complexity index is 339. The minimum absolute atomic E-state index is 0.312. The second-order valence-electron chi connectivity index (χ2n) is 5.33. The third-order valence-electron chi connectivity index (χ3n) is 3.57. The van der Waals surface area contributed by atoms with Crippen LogP contribution < -0.4 is 10.5 Å². The van der Waals surface area contributed by atoms with Crippen LogP contribution in [0.15, 0.2) is 0 Å². The molecule has 1 aliphatic heterocycles. The molecule has 0 amide bonds. The predicted molar refractivity (Wildman–Crippen MR) is 69.8 cm³/mol. The Kier molecular flexibility index (Phi) is 4.95. The first-order chi connectivity index (χ1) is 7.83. The first-order valence-corrected chi connectivity index (χ1v) is 7.76. The van der Waals surface area contributed by atoms with Crippen LogP contribution in [0, 0.1) is 5.92 Å². The zero-order valence-electron chi connectivity index (χ0n) is 11.1. The highest BCUT2D eigenvalue weighted by atomic mass is 32.2. The van der Waals surface area contributed by atoms with Crippen molar-refractivity contribution < 1.29 is 8.42 Å². The fraction of sp³-hybridized carbons (Fsp3) is 1.00. The van der Waals surface area contributed by atoms with Gasteiger partial charge in [0.05, 0.1) is 0 Å². The molecule has 2 unspecified atom stereocenters. The van der Waals surface area contributed by atoms with Gasteiger partial charge in [-0.3, -0.25) is 0 Å². The molecule has 0 radical (unpaired) electrons. The topological polar surface area (TPSA) is 75.4 Å². The molecular formula is C11H25N3O2S. The van der Waals surface area contributed by atoms with E-state index in [1.165, 1.54) is 0 Å². The van der Waals surface area contributed by atoms with E-state index in [2.05, 4.69) is 11.6 Å². The van der Waals surface area contributed by atoms with Crippen LogP contribution in [0.5, 0.6) is 0 Å². The van der Waals surface area contributed by atoms with Crippen LogP contribution in [-0.4, -0.2) is 37.9 Å². The van der Waals surface area contributed by atoms with Crippen LogP contribution in [0.2, 0.25) is 0 Å². The molecule has 1 aliphatic rings. The minimum Gasteiger partial charge on any atom is -0.329 e. The zero-order chi connectivity index (χ0) is 13.1. The van der Waals surface area contributed by atoms with E-state index < -0.39 is 15.7 Å². The van der Waals surface area contributed by atoms with Gasteiger partial charge in [-0.25, -0.2) is 0 Å². The van der Waals surface area contributed by atoms with Crippen LogP contribution in [0.1, 0.15) is 40.0 Å². The summed E-state index contributed by atoms with van der Waals surface area (Å²) in [4.78, 5) is 0. The van der Waals surface area contributed by atoms with Crippen molar-refractivity contribution in [3.63, 3.8) is 0 Å². The summed E-state index contributed by atoms with van der Waals surface area (Å²) in [6.45, 7) is 7.41. The highest BCUT2D eigenvalue weighted by molar-refractivity contribution is 7.87. The molecule has 0 bridgehead atoms. The lowest BCUT2D eigenvalue weighted by atomic mass is 10.0. The summed E-state index contributed by atoms with van der Waals surface area (Å²) in [5.41, 5.74) is 5.09. The Hall–Kier alpha value is -0.170. The summed E-state index contributed by atoms with van der Waals surface area (Å²) < 4.78 is 28.7. The lowest BCUT2D eigenvalue weighted by Gasteiger charge is -2.34. The lowest BCUT2D eigenvalue weighted by Crippen LogP contribution is -2.56. The third-order valence-corrected chi connectivity index (χ3v) is 5.33. The molecular weight excluding hydrogens is 238 g/mol. The number of hydrogen-bond acceptors (Lipinski definition) is 3. The normalized spacial score (nSPS) is 26.7. The monoisotopic (exact) mass is 263 g/mol. The van der Waals surface area contributed by atoms with Gasteiger partial charge in [0.25, 0.3) is 10.2 Å². The molecule has 3 N–H and O–H groups in total. The highest BCUT2D eigenvalue weighted by Crippen LogP contribution is 2.19. The molecule has 102 valence electrons. The molecule has 1 fully saturated rings. The van der Waals surface area contributed by atoms with Crippen molar-refractivity contribution in [1.29, 1.82) is 0 Å². The number of piperidine rings is 1. The molecule has 0 aromatic rings. The summed E-state index contributed by atoms with van der Waals surface area (Å²) in [6.07, 6.45) is 2.73. The first-order valence-electron chi connectivity index (χ1n) is 6.32. The van der Waals surface area contributed by atoms with E-state index in [0.29, 0.717) is 32.0 Å². The largest absolute Gasteiger partial charge is 0.329 e. The number of nitrogens with two attached hydrogens (primary N) is 1. The Morgan fingerprint density at radius 3 is 2.65 bits per heavy atom. The Morgan fingerprint density at radius 2 is 2.18 bits per heavy atom. The maximum atomic E-state index is 12.2. The van der Waals surface area contributed by atoms with Crippen LogP contribution in [0.3, 0.4) is 0 Å². The summed E-state index contributed by atoms with van der Waals surface area (Å²) in [7, 11) is -3.39. The van der Waals surface area contributed by atoms with Gasteiger partial charge in [0.15, 0.2) is 0 Å². The second-order valence-corrected chi connectivity index (χ2v) is 7.00. The molecule has 17 heavy (non-hydrogen) atoms. The van der Waals surface area contributed by atoms with E-state index in [4.69, 9.17) is 5.73 Å². The minimum atomic E-state index is -3.39. The van der Waals surface area contributed by atoms with Gasteiger partial charge in [0, 0.05) is 25.2 Å². The SMILES string of the molecule is CCC(C)(CN)NS(=O)(=O)N1CCCC(C)C1. The molecule has 5 nitrogen and oxygen atoms in total. The van der Waals surface area contributed by atoms with Crippen molar-refractivity contribution in [3.8, 4) is 0 Å². The summed E-state index contributed by atoms with van der Waals surface area (Å²) >= 11 is 0. The van der Waals surface area contributed by atoms with E-state index in [9.17, 15) is 8.42 Å². The number of nitrogens with one attached hydrogen (secondary N) is 1. The van der Waals surface area contributed by atoms with Crippen LogP contribution >= 0.6 is 0 Å². The number of rotatable bonds is 5. The first kappa shape index (κ1) is 14.9. The summed E-state index contributed by atoms with van der Waals surface area (Å²) in [6, 6.07) is 0. The lowest BCUT2D eigenvalue weighted by molar-refractivity contribution is 0.271. The maximum absolute atomic E-state index is 12.2. The average molecular weight is 263 g/mol. The molecule has 0 saturated carbocycles. The molecule has 6 heteroatoms. The molecule has 1 rings (SSSR count). The summed E-state index contributed by atoms with van der Waals surface area (Å²) in [5, 5.41) is 0. The van der Waals surface area contributed by atoms with Crippen molar-refractivity contribution in [2.45, 2.75) is 45.6 Å². The Morgan fingerprint density at radius 1 is 1.53 bits per heavy atom. The molecule has 0 aliphatic carbocycles. The van der Waals surface area contributed by atoms with E-state index in [1.54, 1.807) is 4.31 Å². The van der Waals surface area contributed by atoms with Gasteiger partial charge < -0.3 is 5.73 Å². The van der Waals surface area contributed by atoms with Crippen molar-refractivity contribution in [2.75, 3.05) is 19.6 Å². The van der Waals surface area contributed by atoms with Gasteiger partial charge in [-0.2, -0.15) is 17.4 Å². The van der Waals surface area contributed by atoms with E-state index in [0.717, 1.165) is 12.8 Å². The molecule has 0 aromatic carbocycles. The van der Waals surface area contributed by atoms with E-state index in [-0.39, 0.29) is 0 Å². The Balaban J connectivity index is 2.74. The zero-order valence-corrected chi connectivity index (χ0v) is 11.9. The maximum Gasteiger partial charge on any atom is 0.279 e. The molecule has 0 spiro atoms. The predicted octanol–water partition coefficient (Wildman–Crippen LogP) is 0.680. The Labute approximate surface area is 105 Å². The van der Waals surface area contributed by atoms with E-state index in [1.807, 2.05) is 13.8 Å². The van der Waals surface area contributed by atoms with Crippen molar-refractivity contribution >= 4 is 10.2 Å². The van der Waals surface area contributed by atoms with Gasteiger partial charge >= 0.3 is 0 Å². The van der Waals surface area contributed by atoms with Crippen molar-refractivity contribution in [2.24, 2.45) is 11.7 Å². The standard InChI is InChI=1S/C11H25N3O2S/c1-4-11(3,9-12)13-17(15,16)14-7-5-6-10(2)8-14/h10,13H,4-9,12H2,1-3H3. The van der Waals surface area contributed by atoms with Gasteiger partial charge in [-0.15, -0.1) is 0 Å². The quantitative estimate of drug-likeness (QED) is 0.766. The highest BCUT2D eigenvalue weighted by Gasteiger charge is 2.32. The molecule has 1 heterocycles. The summed E-state index contributed by atoms with van der Waals surface area (Å²) in [5.74, 6) is 0.436. The second kappa shape index (κ2) is 5.65. The van der Waals surface area contributed by atoms with Gasteiger partial charge in [-0.1, -0.05) is 13.8 Å². The van der Waals surface area contributed by atoms with Gasteiger partial charge in [-0.05, 0) is 32.1 Å². The van der Waals surface area contributed by atoms with E-state index >= 15 is 0 Å². The molecule has 2 atom stereocenters. The van der Waals surface area contributed by atoms with Gasteiger partial charge in [0.1, 0.15) is 0 Å². The number of nitrogens with zero attached hydrogens (tertiary/aromatic N) is 1. The number of hydrogen-bond donors (Lipinski definition) is 2.